The van der Waals surface area contributed by atoms with E-state index in [-0.39, 0.29) is 57.9 Å². The molecule has 1 heterocycles. The molecule has 1 rings (SSSR count). The Morgan fingerprint density at radius 2 is 2.00 bits per heavy atom. The number of rotatable bonds is 4. The molecular formula is C10H18BF3KN. The number of piperidine rings is 1. The molecule has 0 radical (unpaired) electrons. The van der Waals surface area contributed by atoms with Crippen molar-refractivity contribution >= 4 is 6.98 Å². The molecule has 1 unspecified atom stereocenters. The summed E-state index contributed by atoms with van der Waals surface area (Å²) < 4.78 is 37.1. The maximum Gasteiger partial charge on any atom is 1.00 e. The predicted octanol–water partition coefficient (Wildman–Crippen LogP) is 0.198. The standard InChI is InChI=1S/C10H18BF3N.K/c1-3-10-6-4-5-7-15(10)8-9(2)11(12,13)14;/h10H,2-8H2,1H3;/q-1;+1. The van der Waals surface area contributed by atoms with E-state index in [9.17, 15) is 12.9 Å². The molecule has 0 aromatic heterocycles. The molecule has 0 amide bonds. The molecule has 1 fully saturated rings. The van der Waals surface area contributed by atoms with E-state index in [1.807, 2.05) is 11.8 Å². The van der Waals surface area contributed by atoms with Gasteiger partial charge in [0.05, 0.1) is 0 Å². The SMILES string of the molecule is C=C(CN1CCCCC1CC)[B-](F)(F)F.[K+]. The van der Waals surface area contributed by atoms with Crippen LogP contribution in [0.4, 0.5) is 12.9 Å². The van der Waals surface area contributed by atoms with Crippen LogP contribution in [0.2, 0.25) is 0 Å². The van der Waals surface area contributed by atoms with Gasteiger partial charge < -0.3 is 12.9 Å². The second-order valence-corrected chi connectivity index (χ2v) is 4.26. The Balaban J connectivity index is 0.00000225. The zero-order valence-corrected chi connectivity index (χ0v) is 13.3. The van der Waals surface area contributed by atoms with Crippen LogP contribution in [0.5, 0.6) is 0 Å². The smallest absolute Gasteiger partial charge is 0.445 e. The predicted molar refractivity (Wildman–Crippen MR) is 57.7 cm³/mol. The Morgan fingerprint density at radius 1 is 1.38 bits per heavy atom. The molecule has 0 N–H and O–H groups in total. The van der Waals surface area contributed by atoms with Crippen molar-refractivity contribution in [1.82, 2.24) is 4.90 Å². The Bertz CT molecular complexity index is 233. The topological polar surface area (TPSA) is 3.24 Å². The third kappa shape index (κ3) is 5.23. The normalized spacial score (nSPS) is 22.6. The largest absolute Gasteiger partial charge is 1.00 e. The fourth-order valence-corrected chi connectivity index (χ4v) is 2.09. The zero-order valence-electron chi connectivity index (χ0n) is 10.2. The van der Waals surface area contributed by atoms with Crippen LogP contribution in [0.25, 0.3) is 0 Å². The molecule has 0 aliphatic carbocycles. The summed E-state index contributed by atoms with van der Waals surface area (Å²) in [6.45, 7) is 1.10. The van der Waals surface area contributed by atoms with Crippen molar-refractivity contribution in [3.63, 3.8) is 0 Å². The molecule has 6 heteroatoms. The Hall–Kier alpha value is 1.19. The van der Waals surface area contributed by atoms with Crippen molar-refractivity contribution in [1.29, 1.82) is 0 Å². The number of hydrogen-bond acceptors (Lipinski definition) is 1. The van der Waals surface area contributed by atoms with Gasteiger partial charge in [0.1, 0.15) is 0 Å². The summed E-state index contributed by atoms with van der Waals surface area (Å²) in [5.41, 5.74) is -0.560. The van der Waals surface area contributed by atoms with Gasteiger partial charge in [0.2, 0.25) is 0 Å². The maximum absolute atomic E-state index is 12.4. The van der Waals surface area contributed by atoms with Gasteiger partial charge in [-0.3, -0.25) is 4.90 Å². The van der Waals surface area contributed by atoms with Crippen molar-refractivity contribution in [2.75, 3.05) is 13.1 Å². The molecule has 0 spiro atoms. The average molecular weight is 259 g/mol. The first-order valence-electron chi connectivity index (χ1n) is 5.56. The molecule has 1 nitrogen and oxygen atoms in total. The minimum atomic E-state index is -4.86. The van der Waals surface area contributed by atoms with Gasteiger partial charge in [0, 0.05) is 6.04 Å². The van der Waals surface area contributed by atoms with Crippen LogP contribution in [0, 0.1) is 0 Å². The second kappa shape index (κ2) is 7.59. The van der Waals surface area contributed by atoms with E-state index in [2.05, 4.69) is 6.58 Å². The Kier molecular flexibility index (Phi) is 8.15. The van der Waals surface area contributed by atoms with E-state index in [1.165, 1.54) is 0 Å². The first-order valence-corrected chi connectivity index (χ1v) is 5.56. The summed E-state index contributed by atoms with van der Waals surface area (Å²) in [4.78, 5) is 1.93. The van der Waals surface area contributed by atoms with Crippen LogP contribution in [-0.2, 0) is 0 Å². The molecule has 0 bridgehead atoms. The first-order chi connectivity index (χ1) is 6.95. The van der Waals surface area contributed by atoms with Crippen molar-refractivity contribution in [2.45, 2.75) is 38.6 Å². The van der Waals surface area contributed by atoms with E-state index in [1.54, 1.807) is 0 Å². The van der Waals surface area contributed by atoms with Crippen molar-refractivity contribution in [3.05, 3.63) is 12.1 Å². The van der Waals surface area contributed by atoms with Crippen LogP contribution in [-0.4, -0.2) is 31.0 Å². The van der Waals surface area contributed by atoms with E-state index >= 15 is 0 Å². The monoisotopic (exact) mass is 259 g/mol. The minimum Gasteiger partial charge on any atom is -0.445 e. The third-order valence-corrected chi connectivity index (χ3v) is 3.09. The first kappa shape index (κ1) is 17.2. The summed E-state index contributed by atoms with van der Waals surface area (Å²) in [5.74, 6) is 0. The van der Waals surface area contributed by atoms with Crippen LogP contribution in [0.1, 0.15) is 32.6 Å². The molecule has 1 aliphatic rings. The summed E-state index contributed by atoms with van der Waals surface area (Å²) in [6, 6.07) is 0.314. The summed E-state index contributed by atoms with van der Waals surface area (Å²) in [5, 5.41) is 0. The van der Waals surface area contributed by atoms with E-state index < -0.39 is 12.4 Å². The molecule has 88 valence electrons. The van der Waals surface area contributed by atoms with Gasteiger partial charge in [-0.2, -0.15) is 0 Å². The Morgan fingerprint density at radius 3 is 2.50 bits per heavy atom. The van der Waals surface area contributed by atoms with Gasteiger partial charge in [-0.25, -0.2) is 0 Å². The molecule has 0 aromatic carbocycles. The van der Waals surface area contributed by atoms with Crippen LogP contribution in [0.15, 0.2) is 12.1 Å². The quantitative estimate of drug-likeness (QED) is 0.652. The Labute approximate surface area is 138 Å². The van der Waals surface area contributed by atoms with E-state index in [4.69, 9.17) is 0 Å². The maximum atomic E-state index is 12.4. The number of nitrogens with zero attached hydrogens (tertiary/aromatic N) is 1. The van der Waals surface area contributed by atoms with Gasteiger partial charge in [-0.1, -0.05) is 13.3 Å². The van der Waals surface area contributed by atoms with Crippen LogP contribution < -0.4 is 51.4 Å². The van der Waals surface area contributed by atoms with E-state index in [0.29, 0.717) is 6.04 Å². The fraction of sp³-hybridized carbons (Fsp3) is 0.800. The van der Waals surface area contributed by atoms with Gasteiger partial charge in [0.15, 0.2) is 0 Å². The second-order valence-electron chi connectivity index (χ2n) is 4.26. The van der Waals surface area contributed by atoms with Crippen molar-refractivity contribution in [3.8, 4) is 0 Å². The van der Waals surface area contributed by atoms with E-state index in [0.717, 1.165) is 32.2 Å². The molecule has 0 aromatic rings. The molecule has 1 saturated heterocycles. The van der Waals surface area contributed by atoms with Gasteiger partial charge >= 0.3 is 58.4 Å². The van der Waals surface area contributed by atoms with Gasteiger partial charge in [-0.05, 0) is 32.4 Å². The van der Waals surface area contributed by atoms with Gasteiger partial charge in [-0.15, -0.1) is 12.1 Å². The number of hydrogen-bond donors (Lipinski definition) is 0. The molecule has 1 atom stereocenters. The molecule has 0 saturated carbocycles. The van der Waals surface area contributed by atoms with Crippen LogP contribution >= 0.6 is 0 Å². The van der Waals surface area contributed by atoms with Crippen LogP contribution in [0.3, 0.4) is 0 Å². The molecule has 16 heavy (non-hydrogen) atoms. The number of halogens is 3. The number of likely N-dealkylation sites (tertiary alicyclic amines) is 1. The summed E-state index contributed by atoms with van der Waals surface area (Å²) in [7, 11) is 0. The van der Waals surface area contributed by atoms with Crippen molar-refractivity contribution < 1.29 is 64.3 Å². The third-order valence-electron chi connectivity index (χ3n) is 3.09. The molecular weight excluding hydrogens is 241 g/mol. The zero-order chi connectivity index (χ0) is 11.5. The van der Waals surface area contributed by atoms with Gasteiger partial charge in [0.25, 0.3) is 0 Å². The summed E-state index contributed by atoms with van der Waals surface area (Å²) >= 11 is 0. The minimum absolute atomic E-state index is 0. The van der Waals surface area contributed by atoms with Crippen molar-refractivity contribution in [2.24, 2.45) is 0 Å². The average Bonchev–Trinajstić information content (AvgIpc) is 2.17. The molecule has 1 aliphatic heterocycles. The fourth-order valence-electron chi connectivity index (χ4n) is 2.09. The summed E-state index contributed by atoms with van der Waals surface area (Å²) in [6.07, 6.45) is 4.10.